The summed E-state index contributed by atoms with van der Waals surface area (Å²) >= 11 is 7.39. The van der Waals surface area contributed by atoms with Gasteiger partial charge in [-0.1, -0.05) is 29.3 Å². The van der Waals surface area contributed by atoms with Gasteiger partial charge in [-0.2, -0.15) is 4.31 Å². The van der Waals surface area contributed by atoms with Crippen LogP contribution >= 0.6 is 22.9 Å². The summed E-state index contributed by atoms with van der Waals surface area (Å²) in [6.07, 6.45) is 0. The van der Waals surface area contributed by atoms with Crippen molar-refractivity contribution in [2.75, 3.05) is 0 Å². The minimum atomic E-state index is -3.84. The normalized spacial score (nSPS) is 12.0. The molecule has 154 valence electrons. The number of nitrogens with zero attached hydrogens (tertiary/aromatic N) is 1. The fraction of sp³-hybridized carbons (Fsp3) is 0.136. The van der Waals surface area contributed by atoms with Gasteiger partial charge in [-0.25, -0.2) is 8.42 Å². The van der Waals surface area contributed by atoms with Crippen LogP contribution in [0.2, 0.25) is 5.02 Å². The van der Waals surface area contributed by atoms with Crippen molar-refractivity contribution in [3.63, 3.8) is 0 Å². The lowest BCUT2D eigenvalue weighted by atomic mass is 10.1. The molecule has 0 unspecified atom stereocenters. The highest BCUT2D eigenvalue weighted by Crippen LogP contribution is 2.24. The lowest BCUT2D eigenvalue weighted by molar-refractivity contribution is 0.402. The Morgan fingerprint density at radius 3 is 2.50 bits per heavy atom. The maximum absolute atomic E-state index is 13.4. The average Bonchev–Trinajstić information content (AvgIpc) is 3.22. The lowest BCUT2D eigenvalue weighted by Crippen LogP contribution is -2.32. The molecule has 0 saturated heterocycles. The minimum Gasteiger partial charge on any atom is -0.322 e. The van der Waals surface area contributed by atoms with Crippen LogP contribution in [-0.4, -0.2) is 17.7 Å². The van der Waals surface area contributed by atoms with E-state index in [0.717, 1.165) is 21.3 Å². The molecule has 2 heterocycles. The van der Waals surface area contributed by atoms with Crippen LogP contribution in [0.25, 0.3) is 10.9 Å². The van der Waals surface area contributed by atoms with Gasteiger partial charge in [0.1, 0.15) is 0 Å². The third-order valence-corrected chi connectivity index (χ3v) is 7.71. The number of aromatic amines is 1. The predicted octanol–water partition coefficient (Wildman–Crippen LogP) is 4.94. The zero-order valence-electron chi connectivity index (χ0n) is 16.1. The van der Waals surface area contributed by atoms with Gasteiger partial charge >= 0.3 is 0 Å². The Morgan fingerprint density at radius 2 is 1.80 bits per heavy atom. The van der Waals surface area contributed by atoms with Crippen LogP contribution in [0.15, 0.2) is 75.7 Å². The quantitative estimate of drug-likeness (QED) is 0.444. The van der Waals surface area contributed by atoms with Gasteiger partial charge in [0.15, 0.2) is 0 Å². The van der Waals surface area contributed by atoms with Gasteiger partial charge in [-0.15, -0.1) is 11.3 Å². The zero-order valence-corrected chi connectivity index (χ0v) is 18.5. The highest BCUT2D eigenvalue weighted by Gasteiger charge is 2.26. The number of pyridine rings is 1. The molecule has 30 heavy (non-hydrogen) atoms. The topological polar surface area (TPSA) is 70.2 Å². The molecule has 0 saturated carbocycles. The molecule has 0 aliphatic heterocycles. The average molecular weight is 459 g/mol. The molecule has 5 nitrogen and oxygen atoms in total. The van der Waals surface area contributed by atoms with Gasteiger partial charge in [0, 0.05) is 34.1 Å². The Morgan fingerprint density at radius 1 is 1.03 bits per heavy atom. The first-order valence-electron chi connectivity index (χ1n) is 9.23. The molecular formula is C22H19ClN2O3S2. The van der Waals surface area contributed by atoms with E-state index in [9.17, 15) is 13.2 Å². The number of hydrogen-bond acceptors (Lipinski definition) is 4. The maximum Gasteiger partial charge on any atom is 0.252 e. The van der Waals surface area contributed by atoms with Gasteiger partial charge in [0.25, 0.3) is 5.56 Å². The first-order chi connectivity index (χ1) is 14.3. The molecule has 0 fully saturated rings. The Kier molecular flexibility index (Phi) is 5.79. The van der Waals surface area contributed by atoms with Crippen LogP contribution in [0.4, 0.5) is 0 Å². The van der Waals surface area contributed by atoms with Crippen LogP contribution in [0.5, 0.6) is 0 Å². The number of nitrogens with one attached hydrogen (secondary N) is 1. The van der Waals surface area contributed by atoms with Crippen molar-refractivity contribution in [2.45, 2.75) is 24.9 Å². The minimum absolute atomic E-state index is 0.0396. The smallest absolute Gasteiger partial charge is 0.252 e. The summed E-state index contributed by atoms with van der Waals surface area (Å²) < 4.78 is 28.1. The van der Waals surface area contributed by atoms with Gasteiger partial charge in [0.05, 0.1) is 4.90 Å². The summed E-state index contributed by atoms with van der Waals surface area (Å²) in [6.45, 7) is 2.11. The van der Waals surface area contributed by atoms with Crippen LogP contribution in [0, 0.1) is 6.92 Å². The second-order valence-corrected chi connectivity index (χ2v) is 10.4. The molecule has 0 radical (unpaired) electrons. The molecule has 0 aliphatic rings. The van der Waals surface area contributed by atoms with Crippen LogP contribution in [0.3, 0.4) is 0 Å². The third kappa shape index (κ3) is 4.34. The Balaban J connectivity index is 1.77. The monoisotopic (exact) mass is 458 g/mol. The van der Waals surface area contributed by atoms with Crippen molar-refractivity contribution >= 4 is 43.9 Å². The highest BCUT2D eigenvalue weighted by molar-refractivity contribution is 7.89. The molecule has 2 aromatic carbocycles. The first kappa shape index (κ1) is 20.8. The van der Waals surface area contributed by atoms with E-state index in [2.05, 4.69) is 4.98 Å². The van der Waals surface area contributed by atoms with Crippen molar-refractivity contribution in [3.8, 4) is 0 Å². The standard InChI is InChI=1S/C22H19ClN2O3S2/c1-15-4-9-21-16(11-15)12-17(22(26)24-21)13-25(14-19-3-2-10-29-19)30(27,28)20-7-5-18(23)6-8-20/h2-12H,13-14H2,1H3,(H,24,26). The summed E-state index contributed by atoms with van der Waals surface area (Å²) in [5, 5.41) is 3.22. The molecule has 1 N–H and O–H groups in total. The van der Waals surface area contributed by atoms with E-state index in [4.69, 9.17) is 11.6 Å². The summed E-state index contributed by atoms with van der Waals surface area (Å²) in [6, 6.07) is 17.3. The van der Waals surface area contributed by atoms with Gasteiger partial charge < -0.3 is 4.98 Å². The van der Waals surface area contributed by atoms with Crippen LogP contribution < -0.4 is 5.56 Å². The number of halogens is 1. The number of hydrogen-bond donors (Lipinski definition) is 1. The van der Waals surface area contributed by atoms with E-state index in [1.807, 2.05) is 42.6 Å². The number of sulfonamides is 1. The second-order valence-electron chi connectivity index (χ2n) is 7.02. The predicted molar refractivity (Wildman–Crippen MR) is 122 cm³/mol. The number of aromatic nitrogens is 1. The molecule has 0 aliphatic carbocycles. The van der Waals surface area contributed by atoms with Gasteiger partial charge in [0.2, 0.25) is 10.0 Å². The van der Waals surface area contributed by atoms with Crippen molar-refractivity contribution in [2.24, 2.45) is 0 Å². The second kappa shape index (κ2) is 8.35. The molecule has 0 bridgehead atoms. The third-order valence-electron chi connectivity index (χ3n) is 4.79. The Bertz CT molecular complexity index is 1350. The number of thiophene rings is 1. The van der Waals surface area contributed by atoms with E-state index in [1.165, 1.54) is 27.8 Å². The van der Waals surface area contributed by atoms with Crippen molar-refractivity contribution in [1.29, 1.82) is 0 Å². The molecule has 0 spiro atoms. The molecule has 2 aromatic heterocycles. The van der Waals surface area contributed by atoms with Crippen molar-refractivity contribution in [3.05, 3.63) is 97.4 Å². The fourth-order valence-electron chi connectivity index (χ4n) is 3.24. The van der Waals surface area contributed by atoms with Gasteiger partial charge in [-0.05, 0) is 66.2 Å². The number of fused-ring (bicyclic) bond motifs is 1. The number of aryl methyl sites for hydroxylation is 1. The van der Waals surface area contributed by atoms with Crippen LogP contribution in [0.1, 0.15) is 16.0 Å². The van der Waals surface area contributed by atoms with Crippen molar-refractivity contribution < 1.29 is 8.42 Å². The number of benzene rings is 2. The number of H-pyrrole nitrogens is 1. The first-order valence-corrected chi connectivity index (χ1v) is 11.9. The van der Waals surface area contributed by atoms with E-state index in [1.54, 1.807) is 18.2 Å². The molecule has 8 heteroatoms. The van der Waals surface area contributed by atoms with Crippen LogP contribution in [-0.2, 0) is 23.1 Å². The Labute approximate surface area is 183 Å². The molecule has 4 aromatic rings. The fourth-order valence-corrected chi connectivity index (χ4v) is 5.56. The molecule has 4 rings (SSSR count). The van der Waals surface area contributed by atoms with E-state index in [0.29, 0.717) is 10.6 Å². The molecule has 0 amide bonds. The highest BCUT2D eigenvalue weighted by atomic mass is 35.5. The van der Waals surface area contributed by atoms with Gasteiger partial charge in [-0.3, -0.25) is 4.79 Å². The molecular weight excluding hydrogens is 440 g/mol. The summed E-state index contributed by atoms with van der Waals surface area (Å²) in [5.74, 6) is 0. The van der Waals surface area contributed by atoms with E-state index < -0.39 is 10.0 Å². The van der Waals surface area contributed by atoms with E-state index >= 15 is 0 Å². The summed E-state index contributed by atoms with van der Waals surface area (Å²) in [5.41, 5.74) is 1.88. The largest absolute Gasteiger partial charge is 0.322 e. The lowest BCUT2D eigenvalue weighted by Gasteiger charge is -2.22. The van der Waals surface area contributed by atoms with Crippen molar-refractivity contribution in [1.82, 2.24) is 9.29 Å². The summed E-state index contributed by atoms with van der Waals surface area (Å²) in [4.78, 5) is 16.6. The maximum atomic E-state index is 13.4. The summed E-state index contributed by atoms with van der Waals surface area (Å²) in [7, 11) is -3.84. The number of rotatable bonds is 6. The molecule has 0 atom stereocenters. The SMILES string of the molecule is Cc1ccc2[nH]c(=O)c(CN(Cc3cccs3)S(=O)(=O)c3ccc(Cl)cc3)cc2c1. The van der Waals surface area contributed by atoms with E-state index in [-0.39, 0.29) is 23.5 Å². The Hall–Kier alpha value is -2.45. The zero-order chi connectivity index (χ0) is 21.3.